The Morgan fingerprint density at radius 1 is 0.971 bits per heavy atom. The number of hydrogen-bond donors (Lipinski definition) is 0. The number of ether oxygens (including phenoxy) is 1. The number of esters is 1. The number of anilines is 2. The Labute approximate surface area is 206 Å². The lowest BCUT2D eigenvalue weighted by Gasteiger charge is -2.28. The molecule has 3 aliphatic rings. The minimum absolute atomic E-state index is 0.351. The third-order valence-corrected chi connectivity index (χ3v) is 8.29. The monoisotopic (exact) mass is 488 g/mol. The number of nitrogens with zero attached hydrogens (tertiary/aromatic N) is 2. The topological polar surface area (TPSA) is 76.2 Å². The lowest BCUT2D eigenvalue weighted by molar-refractivity contribution is -0.126. The number of benzene rings is 2. The van der Waals surface area contributed by atoms with E-state index in [9.17, 15) is 14.4 Å². The Kier molecular flexibility index (Phi) is 5.42. The largest absolute Gasteiger partial charge is 0.465 e. The van der Waals surface area contributed by atoms with Crippen molar-refractivity contribution in [1.82, 2.24) is 0 Å². The molecule has 1 aliphatic carbocycles. The number of rotatable bonds is 4. The molecule has 178 valence electrons. The number of imide groups is 1. The van der Waals surface area contributed by atoms with Crippen LogP contribution < -0.4 is 9.96 Å². The fraction of sp³-hybridized carbons (Fsp3) is 0.296. The summed E-state index contributed by atoms with van der Waals surface area (Å²) in [6.45, 7) is 0. The third-order valence-electron chi connectivity index (χ3n) is 7.01. The Morgan fingerprint density at radius 2 is 1.66 bits per heavy atom. The van der Waals surface area contributed by atoms with E-state index >= 15 is 0 Å². The minimum Gasteiger partial charge on any atom is -0.465 e. The Morgan fingerprint density at radius 3 is 2.37 bits per heavy atom. The number of hydrogen-bond acceptors (Lipinski definition) is 7. The number of amides is 2. The zero-order chi connectivity index (χ0) is 24.1. The van der Waals surface area contributed by atoms with Crippen LogP contribution in [0.2, 0.25) is 0 Å². The highest BCUT2D eigenvalue weighted by Gasteiger charge is 2.61. The Bertz CT molecular complexity index is 1310. The van der Waals surface area contributed by atoms with Crippen molar-refractivity contribution in [3.63, 3.8) is 0 Å². The van der Waals surface area contributed by atoms with E-state index in [2.05, 4.69) is 0 Å². The maximum absolute atomic E-state index is 14.0. The molecule has 2 saturated heterocycles. The summed E-state index contributed by atoms with van der Waals surface area (Å²) in [6.07, 6.45) is 2.58. The highest BCUT2D eigenvalue weighted by atomic mass is 32.1. The zero-order valence-corrected chi connectivity index (χ0v) is 20.0. The van der Waals surface area contributed by atoms with Gasteiger partial charge in [0.05, 0.1) is 24.4 Å². The molecule has 3 heterocycles. The summed E-state index contributed by atoms with van der Waals surface area (Å²) in [5.41, 5.74) is 2.91. The summed E-state index contributed by atoms with van der Waals surface area (Å²) < 4.78 is 5.07. The molecule has 7 nitrogen and oxygen atoms in total. The smallest absolute Gasteiger partial charge is 0.341 e. The quantitative estimate of drug-likeness (QED) is 0.399. The van der Waals surface area contributed by atoms with E-state index in [1.807, 2.05) is 60.7 Å². The van der Waals surface area contributed by atoms with Gasteiger partial charge >= 0.3 is 5.97 Å². The van der Waals surface area contributed by atoms with Gasteiger partial charge in [0.25, 0.3) is 5.91 Å². The predicted molar refractivity (Wildman–Crippen MR) is 131 cm³/mol. The average Bonchev–Trinajstić information content (AvgIpc) is 3.55. The number of carbonyl (C=O) groups excluding carboxylic acids is 3. The molecule has 0 spiro atoms. The molecular weight excluding hydrogens is 464 g/mol. The molecule has 2 aromatic carbocycles. The van der Waals surface area contributed by atoms with Crippen molar-refractivity contribution < 1.29 is 24.0 Å². The summed E-state index contributed by atoms with van der Waals surface area (Å²) in [5.74, 6) is -2.04. The first-order valence-electron chi connectivity index (χ1n) is 11.8. The number of fused-ring (bicyclic) bond motifs is 2. The number of aryl methyl sites for hydroxylation is 1. The van der Waals surface area contributed by atoms with Gasteiger partial charge in [-0.1, -0.05) is 48.5 Å². The standard InChI is InChI=1S/C27H24N2O5S/c1-33-27(32)20-18-14-8-9-15-19(18)35-26(20)28-24(30)21-22(16-10-4-2-5-11-16)29(34-23(21)25(28)31)17-12-6-3-7-13-17/h2-7,10-13,21-23H,8-9,14-15H2,1H3. The van der Waals surface area contributed by atoms with E-state index in [1.165, 1.54) is 23.3 Å². The van der Waals surface area contributed by atoms with E-state index < -0.39 is 29.9 Å². The van der Waals surface area contributed by atoms with Gasteiger partial charge in [-0.3, -0.25) is 14.4 Å². The van der Waals surface area contributed by atoms with Crippen LogP contribution in [-0.4, -0.2) is 31.0 Å². The molecule has 0 radical (unpaired) electrons. The molecular formula is C27H24N2O5S. The van der Waals surface area contributed by atoms with Crippen molar-refractivity contribution in [2.75, 3.05) is 17.1 Å². The Balaban J connectivity index is 1.45. The maximum Gasteiger partial charge on any atom is 0.341 e. The minimum atomic E-state index is -0.975. The third kappa shape index (κ3) is 3.39. The van der Waals surface area contributed by atoms with Crippen LogP contribution in [0.5, 0.6) is 0 Å². The first-order valence-corrected chi connectivity index (χ1v) is 12.6. The zero-order valence-electron chi connectivity index (χ0n) is 19.2. The first kappa shape index (κ1) is 22.0. The van der Waals surface area contributed by atoms with Crippen LogP contribution in [0.1, 0.15) is 45.2 Å². The van der Waals surface area contributed by atoms with Gasteiger partial charge in [-0.2, -0.15) is 0 Å². The molecule has 3 unspecified atom stereocenters. The molecule has 0 N–H and O–H groups in total. The van der Waals surface area contributed by atoms with Crippen molar-refractivity contribution >= 4 is 39.8 Å². The Hall–Kier alpha value is -3.49. The number of carbonyl (C=O) groups is 3. The van der Waals surface area contributed by atoms with E-state index in [0.717, 1.165) is 47.4 Å². The van der Waals surface area contributed by atoms with Gasteiger partial charge in [0.15, 0.2) is 6.10 Å². The molecule has 8 heteroatoms. The average molecular weight is 489 g/mol. The summed E-state index contributed by atoms with van der Waals surface area (Å²) >= 11 is 1.36. The van der Waals surface area contributed by atoms with Gasteiger partial charge < -0.3 is 4.74 Å². The molecule has 2 fully saturated rings. The molecule has 0 bridgehead atoms. The lowest BCUT2D eigenvalue weighted by atomic mass is 9.90. The molecule has 3 atom stereocenters. The van der Waals surface area contributed by atoms with Gasteiger partial charge in [-0.15, -0.1) is 11.3 Å². The predicted octanol–water partition coefficient (Wildman–Crippen LogP) is 4.46. The van der Waals surface area contributed by atoms with E-state index in [1.54, 1.807) is 5.06 Å². The van der Waals surface area contributed by atoms with Crippen molar-refractivity contribution in [2.45, 2.75) is 37.8 Å². The van der Waals surface area contributed by atoms with Crippen molar-refractivity contribution in [3.05, 3.63) is 82.2 Å². The highest BCUT2D eigenvalue weighted by molar-refractivity contribution is 7.17. The van der Waals surface area contributed by atoms with Crippen LogP contribution in [0, 0.1) is 5.92 Å². The van der Waals surface area contributed by atoms with Gasteiger partial charge in [-0.25, -0.2) is 14.8 Å². The second kappa shape index (κ2) is 8.62. The number of methoxy groups -OCH3 is 1. The van der Waals surface area contributed by atoms with Crippen molar-refractivity contribution in [2.24, 2.45) is 5.92 Å². The molecule has 2 amide bonds. The van der Waals surface area contributed by atoms with Gasteiger partial charge in [0.1, 0.15) is 10.9 Å². The molecule has 6 rings (SSSR count). The number of thiophene rings is 1. The van der Waals surface area contributed by atoms with Crippen molar-refractivity contribution in [1.29, 1.82) is 0 Å². The van der Waals surface area contributed by atoms with Gasteiger partial charge in [0, 0.05) is 4.88 Å². The summed E-state index contributed by atoms with van der Waals surface area (Å²) in [7, 11) is 1.33. The molecule has 3 aromatic rings. The van der Waals surface area contributed by atoms with Crippen LogP contribution in [0.25, 0.3) is 0 Å². The number of para-hydroxylation sites is 1. The SMILES string of the molecule is COC(=O)c1c(N2C(=O)C3ON(c4ccccc4)C(c4ccccc4)C3C2=O)sc2c1CCCC2. The first-order chi connectivity index (χ1) is 17.1. The fourth-order valence-electron chi connectivity index (χ4n) is 5.42. The summed E-state index contributed by atoms with van der Waals surface area (Å²) in [4.78, 5) is 49.0. The fourth-order valence-corrected chi connectivity index (χ4v) is 6.81. The maximum atomic E-state index is 14.0. The van der Waals surface area contributed by atoms with E-state index in [-0.39, 0.29) is 5.91 Å². The van der Waals surface area contributed by atoms with Crippen LogP contribution in [0.4, 0.5) is 10.7 Å². The van der Waals surface area contributed by atoms with E-state index in [4.69, 9.17) is 9.57 Å². The van der Waals surface area contributed by atoms with Crippen molar-refractivity contribution in [3.8, 4) is 0 Å². The normalized spacial score (nSPS) is 23.4. The second-order valence-corrected chi connectivity index (χ2v) is 10.0. The molecule has 1 aromatic heterocycles. The lowest BCUT2D eigenvalue weighted by Crippen LogP contribution is -2.37. The van der Waals surface area contributed by atoms with Crippen LogP contribution in [-0.2, 0) is 32.0 Å². The van der Waals surface area contributed by atoms with E-state index in [0.29, 0.717) is 10.6 Å². The van der Waals surface area contributed by atoms with Crippen LogP contribution >= 0.6 is 11.3 Å². The molecule has 2 aliphatic heterocycles. The molecule has 35 heavy (non-hydrogen) atoms. The summed E-state index contributed by atoms with van der Waals surface area (Å²) in [5, 5.41) is 2.05. The summed E-state index contributed by atoms with van der Waals surface area (Å²) in [6, 6.07) is 18.6. The van der Waals surface area contributed by atoms with Gasteiger partial charge in [0.2, 0.25) is 5.91 Å². The van der Waals surface area contributed by atoms with Crippen LogP contribution in [0.15, 0.2) is 60.7 Å². The highest BCUT2D eigenvalue weighted by Crippen LogP contribution is 2.50. The molecule has 0 saturated carbocycles. The second-order valence-electron chi connectivity index (χ2n) is 8.96. The number of hydroxylamine groups is 1. The van der Waals surface area contributed by atoms with Gasteiger partial charge in [-0.05, 0) is 48.9 Å². The van der Waals surface area contributed by atoms with Crippen LogP contribution in [0.3, 0.4) is 0 Å².